The molecule has 0 atom stereocenters. The lowest BCUT2D eigenvalue weighted by molar-refractivity contribution is 0.0993. The third kappa shape index (κ3) is 2.93. The summed E-state index contributed by atoms with van der Waals surface area (Å²) in [6, 6.07) is 13.5. The molecule has 0 fully saturated rings. The molecule has 0 spiro atoms. The number of nitrogens with zero attached hydrogens (tertiary/aromatic N) is 2. The molecule has 0 saturated heterocycles. The fraction of sp³-hybridized carbons (Fsp3) is 0.0667. The molecule has 2 rings (SSSR count). The minimum atomic E-state index is -0.201. The summed E-state index contributed by atoms with van der Waals surface area (Å²) in [5.74, 6) is -0.201. The van der Waals surface area contributed by atoms with Crippen molar-refractivity contribution in [3.63, 3.8) is 0 Å². The zero-order valence-electron chi connectivity index (χ0n) is 10.6. The molecule has 1 amide bonds. The second kappa shape index (κ2) is 5.96. The molecular formula is C15H10Cl2N2O. The second-order valence-corrected chi connectivity index (χ2v) is 4.97. The normalized spacial score (nSPS) is 9.90. The van der Waals surface area contributed by atoms with Crippen LogP contribution in [-0.2, 0) is 0 Å². The molecule has 0 unspecified atom stereocenters. The summed E-state index contributed by atoms with van der Waals surface area (Å²) in [6.07, 6.45) is 0. The largest absolute Gasteiger partial charge is 0.311 e. The highest BCUT2D eigenvalue weighted by Crippen LogP contribution is 2.24. The van der Waals surface area contributed by atoms with Crippen LogP contribution in [0.2, 0.25) is 10.0 Å². The van der Waals surface area contributed by atoms with Crippen molar-refractivity contribution in [2.45, 2.75) is 0 Å². The fourth-order valence-electron chi connectivity index (χ4n) is 1.70. The number of halogens is 2. The van der Waals surface area contributed by atoms with Gasteiger partial charge in [-0.2, -0.15) is 5.26 Å². The average molecular weight is 305 g/mol. The zero-order chi connectivity index (χ0) is 14.7. The maximum absolute atomic E-state index is 12.3. The van der Waals surface area contributed by atoms with Gasteiger partial charge in [0, 0.05) is 18.3 Å². The monoisotopic (exact) mass is 304 g/mol. The van der Waals surface area contributed by atoms with Gasteiger partial charge in [0.05, 0.1) is 21.7 Å². The Bertz CT molecular complexity index is 690. The molecular weight excluding hydrogens is 295 g/mol. The van der Waals surface area contributed by atoms with Crippen LogP contribution in [0.5, 0.6) is 0 Å². The Morgan fingerprint density at radius 3 is 2.30 bits per heavy atom. The zero-order valence-corrected chi connectivity index (χ0v) is 12.1. The molecule has 0 aliphatic heterocycles. The van der Waals surface area contributed by atoms with Crippen LogP contribution in [-0.4, -0.2) is 13.0 Å². The molecule has 3 nitrogen and oxygen atoms in total. The molecule has 2 aromatic carbocycles. The van der Waals surface area contributed by atoms with Crippen molar-refractivity contribution in [1.29, 1.82) is 5.26 Å². The molecule has 0 heterocycles. The first-order chi connectivity index (χ1) is 9.52. The molecule has 20 heavy (non-hydrogen) atoms. The Hall–Kier alpha value is -2.02. The van der Waals surface area contributed by atoms with Gasteiger partial charge in [0.2, 0.25) is 0 Å². The van der Waals surface area contributed by atoms with Gasteiger partial charge in [0.15, 0.2) is 0 Å². The Kier molecular flexibility index (Phi) is 4.29. The molecule has 0 aliphatic carbocycles. The summed E-state index contributed by atoms with van der Waals surface area (Å²) in [7, 11) is 1.66. The quantitative estimate of drug-likeness (QED) is 0.837. The number of amides is 1. The fourth-order valence-corrected chi connectivity index (χ4v) is 2.00. The van der Waals surface area contributed by atoms with Gasteiger partial charge in [-0.25, -0.2) is 0 Å². The summed E-state index contributed by atoms with van der Waals surface area (Å²) in [5.41, 5.74) is 1.69. The lowest BCUT2D eigenvalue weighted by Gasteiger charge is -2.17. The maximum atomic E-state index is 12.3. The summed E-state index contributed by atoms with van der Waals surface area (Å²) in [4.78, 5) is 13.8. The molecule has 2 aromatic rings. The Balaban J connectivity index is 2.27. The number of benzene rings is 2. The molecule has 0 N–H and O–H groups in total. The standard InChI is InChI=1S/C15H10Cl2N2O/c1-19(12-5-2-10(9-18)3-6-12)15(20)11-4-7-13(16)14(17)8-11/h2-8H,1H3. The number of carbonyl (C=O) groups is 1. The van der Waals surface area contributed by atoms with Crippen LogP contribution in [0.1, 0.15) is 15.9 Å². The molecule has 0 bridgehead atoms. The van der Waals surface area contributed by atoms with Crippen LogP contribution in [0.4, 0.5) is 5.69 Å². The van der Waals surface area contributed by atoms with Crippen molar-refractivity contribution in [1.82, 2.24) is 0 Å². The van der Waals surface area contributed by atoms with Crippen molar-refractivity contribution < 1.29 is 4.79 Å². The van der Waals surface area contributed by atoms with Gasteiger partial charge < -0.3 is 4.90 Å². The van der Waals surface area contributed by atoms with E-state index >= 15 is 0 Å². The van der Waals surface area contributed by atoms with Crippen molar-refractivity contribution in [3.8, 4) is 6.07 Å². The molecule has 100 valence electrons. The van der Waals surface area contributed by atoms with E-state index in [0.717, 1.165) is 0 Å². The Morgan fingerprint density at radius 2 is 1.75 bits per heavy atom. The number of hydrogen-bond donors (Lipinski definition) is 0. The van der Waals surface area contributed by atoms with Crippen LogP contribution in [0, 0.1) is 11.3 Å². The van der Waals surface area contributed by atoms with E-state index in [9.17, 15) is 4.79 Å². The third-order valence-electron chi connectivity index (χ3n) is 2.85. The van der Waals surface area contributed by atoms with Crippen LogP contribution < -0.4 is 4.90 Å². The number of rotatable bonds is 2. The number of nitriles is 1. The Morgan fingerprint density at radius 1 is 1.10 bits per heavy atom. The van der Waals surface area contributed by atoms with E-state index in [1.54, 1.807) is 43.4 Å². The van der Waals surface area contributed by atoms with Crippen molar-refractivity contribution in [2.75, 3.05) is 11.9 Å². The summed E-state index contributed by atoms with van der Waals surface area (Å²) < 4.78 is 0. The predicted molar refractivity (Wildman–Crippen MR) is 80.4 cm³/mol. The smallest absolute Gasteiger partial charge is 0.258 e. The van der Waals surface area contributed by atoms with E-state index in [1.165, 1.54) is 11.0 Å². The first-order valence-corrected chi connectivity index (χ1v) is 6.52. The number of hydrogen-bond acceptors (Lipinski definition) is 2. The van der Waals surface area contributed by atoms with Gasteiger partial charge >= 0.3 is 0 Å². The minimum absolute atomic E-state index is 0.201. The summed E-state index contributed by atoms with van der Waals surface area (Å²) in [5, 5.41) is 9.50. The van der Waals surface area contributed by atoms with Gasteiger partial charge in [-0.15, -0.1) is 0 Å². The van der Waals surface area contributed by atoms with Gasteiger partial charge in [0.25, 0.3) is 5.91 Å². The number of anilines is 1. The van der Waals surface area contributed by atoms with E-state index in [0.29, 0.717) is 26.9 Å². The first kappa shape index (κ1) is 14.4. The second-order valence-electron chi connectivity index (χ2n) is 4.15. The molecule has 0 radical (unpaired) electrons. The SMILES string of the molecule is CN(C(=O)c1ccc(Cl)c(Cl)c1)c1ccc(C#N)cc1. The van der Waals surface area contributed by atoms with Crippen LogP contribution in [0.15, 0.2) is 42.5 Å². The van der Waals surface area contributed by atoms with Crippen molar-refractivity contribution in [3.05, 3.63) is 63.6 Å². The van der Waals surface area contributed by atoms with Crippen LogP contribution in [0.3, 0.4) is 0 Å². The van der Waals surface area contributed by atoms with E-state index in [2.05, 4.69) is 0 Å². The Labute approximate surface area is 127 Å². The molecule has 0 saturated carbocycles. The van der Waals surface area contributed by atoms with E-state index in [-0.39, 0.29) is 5.91 Å². The molecule has 5 heteroatoms. The lowest BCUT2D eigenvalue weighted by Crippen LogP contribution is -2.26. The van der Waals surface area contributed by atoms with Gasteiger partial charge in [-0.1, -0.05) is 23.2 Å². The van der Waals surface area contributed by atoms with Gasteiger partial charge in [0.1, 0.15) is 0 Å². The lowest BCUT2D eigenvalue weighted by atomic mass is 10.1. The molecule has 0 aliphatic rings. The molecule has 0 aromatic heterocycles. The van der Waals surface area contributed by atoms with Crippen molar-refractivity contribution in [2.24, 2.45) is 0 Å². The maximum Gasteiger partial charge on any atom is 0.258 e. The van der Waals surface area contributed by atoms with Crippen LogP contribution in [0.25, 0.3) is 0 Å². The highest BCUT2D eigenvalue weighted by atomic mass is 35.5. The van der Waals surface area contributed by atoms with E-state index < -0.39 is 0 Å². The predicted octanol–water partition coefficient (Wildman–Crippen LogP) is 4.14. The summed E-state index contributed by atoms with van der Waals surface area (Å²) in [6.45, 7) is 0. The van der Waals surface area contributed by atoms with Gasteiger partial charge in [-0.3, -0.25) is 4.79 Å². The summed E-state index contributed by atoms with van der Waals surface area (Å²) >= 11 is 11.7. The number of carbonyl (C=O) groups excluding carboxylic acids is 1. The highest BCUT2D eigenvalue weighted by molar-refractivity contribution is 6.42. The third-order valence-corrected chi connectivity index (χ3v) is 3.59. The average Bonchev–Trinajstić information content (AvgIpc) is 2.48. The minimum Gasteiger partial charge on any atom is -0.311 e. The topological polar surface area (TPSA) is 44.1 Å². The van der Waals surface area contributed by atoms with Gasteiger partial charge in [-0.05, 0) is 42.5 Å². The van der Waals surface area contributed by atoms with E-state index in [1.807, 2.05) is 6.07 Å². The van der Waals surface area contributed by atoms with Crippen LogP contribution >= 0.6 is 23.2 Å². The highest BCUT2D eigenvalue weighted by Gasteiger charge is 2.14. The van der Waals surface area contributed by atoms with E-state index in [4.69, 9.17) is 28.5 Å². The van der Waals surface area contributed by atoms with Crippen molar-refractivity contribution >= 4 is 34.8 Å². The first-order valence-electron chi connectivity index (χ1n) is 5.76.